The molecule has 1 fully saturated rings. The molecule has 2 amide bonds. The van der Waals surface area contributed by atoms with Gasteiger partial charge < -0.3 is 9.47 Å². The van der Waals surface area contributed by atoms with Crippen molar-refractivity contribution in [3.05, 3.63) is 97.9 Å². The summed E-state index contributed by atoms with van der Waals surface area (Å²) in [5, 5.41) is 0.221. The summed E-state index contributed by atoms with van der Waals surface area (Å²) in [7, 11) is 0. The van der Waals surface area contributed by atoms with Gasteiger partial charge in [0, 0.05) is 5.02 Å². The molecular weight excluding hydrogens is 521 g/mol. The van der Waals surface area contributed by atoms with Crippen molar-refractivity contribution in [2.24, 2.45) is 0 Å². The molecule has 9 heteroatoms. The maximum absolute atomic E-state index is 12.8. The van der Waals surface area contributed by atoms with Crippen LogP contribution in [0, 0.1) is 13.8 Å². The first-order valence-electron chi connectivity index (χ1n) is 10.9. The van der Waals surface area contributed by atoms with Gasteiger partial charge in [0.2, 0.25) is 0 Å². The van der Waals surface area contributed by atoms with Gasteiger partial charge >= 0.3 is 5.97 Å². The molecule has 3 aromatic carbocycles. The fourth-order valence-corrected chi connectivity index (χ4v) is 4.79. The first-order valence-corrected chi connectivity index (χ1v) is 12.5. The van der Waals surface area contributed by atoms with Gasteiger partial charge in [-0.3, -0.25) is 14.5 Å². The van der Waals surface area contributed by atoms with Gasteiger partial charge in [0.05, 0.1) is 22.0 Å². The third kappa shape index (κ3) is 6.10. The average molecular weight is 542 g/mol. The van der Waals surface area contributed by atoms with Gasteiger partial charge in [0.1, 0.15) is 18.1 Å². The van der Waals surface area contributed by atoms with Crippen LogP contribution in [-0.2, 0) is 4.79 Å². The molecule has 0 N–H and O–H groups in total. The molecule has 36 heavy (non-hydrogen) atoms. The summed E-state index contributed by atoms with van der Waals surface area (Å²) in [5.41, 5.74) is 2.82. The molecule has 0 radical (unpaired) electrons. The lowest BCUT2D eigenvalue weighted by molar-refractivity contribution is -0.123. The number of halogens is 2. The minimum Gasteiger partial charge on any atom is -0.491 e. The smallest absolute Gasteiger partial charge is 0.345 e. The number of esters is 1. The van der Waals surface area contributed by atoms with Crippen molar-refractivity contribution in [1.29, 1.82) is 0 Å². The van der Waals surface area contributed by atoms with Crippen LogP contribution in [0.1, 0.15) is 27.0 Å². The van der Waals surface area contributed by atoms with E-state index in [9.17, 15) is 14.4 Å². The Morgan fingerprint density at radius 2 is 1.83 bits per heavy atom. The van der Waals surface area contributed by atoms with E-state index < -0.39 is 11.9 Å². The number of hydrogen-bond donors (Lipinski definition) is 0. The second kappa shape index (κ2) is 11.2. The van der Waals surface area contributed by atoms with Gasteiger partial charge in [-0.15, -0.1) is 0 Å². The first kappa shape index (κ1) is 25.8. The summed E-state index contributed by atoms with van der Waals surface area (Å²) >= 11 is 12.8. The van der Waals surface area contributed by atoms with E-state index in [0.717, 1.165) is 33.5 Å². The second-order valence-electron chi connectivity index (χ2n) is 8.04. The molecule has 1 saturated heterocycles. The number of rotatable bonds is 7. The van der Waals surface area contributed by atoms with Crippen LogP contribution in [0.15, 0.2) is 65.6 Å². The summed E-state index contributed by atoms with van der Waals surface area (Å²) < 4.78 is 11.2. The van der Waals surface area contributed by atoms with E-state index in [1.54, 1.807) is 36.4 Å². The fourth-order valence-electron chi connectivity index (χ4n) is 3.44. The summed E-state index contributed by atoms with van der Waals surface area (Å²) in [6, 6.07) is 17.0. The number of hydrogen-bond acceptors (Lipinski definition) is 6. The molecule has 0 bridgehead atoms. The van der Waals surface area contributed by atoms with E-state index in [1.807, 2.05) is 32.0 Å². The van der Waals surface area contributed by atoms with Gasteiger partial charge in [0.25, 0.3) is 11.1 Å². The number of amides is 2. The zero-order valence-corrected chi connectivity index (χ0v) is 21.7. The number of carbonyl (C=O) groups excluding carboxylic acids is 3. The van der Waals surface area contributed by atoms with Crippen molar-refractivity contribution < 1.29 is 23.9 Å². The number of thioether (sulfide) groups is 1. The molecule has 1 aliphatic rings. The third-order valence-electron chi connectivity index (χ3n) is 5.31. The van der Waals surface area contributed by atoms with Crippen LogP contribution >= 0.6 is 35.0 Å². The highest BCUT2D eigenvalue weighted by molar-refractivity contribution is 8.18. The normalized spacial score (nSPS) is 14.4. The van der Waals surface area contributed by atoms with Crippen LogP contribution in [0.3, 0.4) is 0 Å². The standard InChI is InChI=1S/C27H21Cl2NO5S/c1-16-6-7-17(2)23(12-16)34-11-10-30-25(31)24(36-27(30)33)14-18-4-3-5-20(13-18)35-26(32)21-9-8-19(28)15-22(21)29/h3-9,12-15H,10-11H2,1-2H3/b24-14-. The lowest BCUT2D eigenvalue weighted by Crippen LogP contribution is -2.32. The Morgan fingerprint density at radius 3 is 2.61 bits per heavy atom. The zero-order valence-electron chi connectivity index (χ0n) is 19.4. The highest BCUT2D eigenvalue weighted by Gasteiger charge is 2.34. The Kier molecular flexibility index (Phi) is 8.04. The first-order chi connectivity index (χ1) is 17.2. The van der Waals surface area contributed by atoms with Crippen molar-refractivity contribution in [1.82, 2.24) is 4.90 Å². The highest BCUT2D eigenvalue weighted by atomic mass is 35.5. The van der Waals surface area contributed by atoms with Gasteiger partial charge in [-0.2, -0.15) is 0 Å². The van der Waals surface area contributed by atoms with Gasteiger partial charge in [-0.1, -0.05) is 47.5 Å². The van der Waals surface area contributed by atoms with Crippen LogP contribution in [0.4, 0.5) is 4.79 Å². The topological polar surface area (TPSA) is 72.9 Å². The van der Waals surface area contributed by atoms with Crippen molar-refractivity contribution in [2.45, 2.75) is 13.8 Å². The Labute approximate surface area is 222 Å². The minimum absolute atomic E-state index is 0.134. The van der Waals surface area contributed by atoms with Crippen molar-refractivity contribution in [3.63, 3.8) is 0 Å². The minimum atomic E-state index is -0.641. The molecule has 6 nitrogen and oxygen atoms in total. The number of imide groups is 1. The summed E-state index contributed by atoms with van der Waals surface area (Å²) in [5.74, 6) is -0.0485. The van der Waals surface area contributed by atoms with E-state index in [2.05, 4.69) is 0 Å². The second-order valence-corrected chi connectivity index (χ2v) is 9.87. The average Bonchev–Trinajstić information content (AvgIpc) is 3.08. The predicted molar refractivity (Wildman–Crippen MR) is 142 cm³/mol. The Hall–Kier alpha value is -3.26. The predicted octanol–water partition coefficient (Wildman–Crippen LogP) is 6.94. The molecule has 0 saturated carbocycles. The van der Waals surface area contributed by atoms with Gasteiger partial charge in [0.15, 0.2) is 0 Å². The van der Waals surface area contributed by atoms with E-state index in [-0.39, 0.29) is 39.6 Å². The summed E-state index contributed by atoms with van der Waals surface area (Å²) in [6.07, 6.45) is 1.59. The van der Waals surface area contributed by atoms with Crippen LogP contribution in [0.2, 0.25) is 10.0 Å². The molecular formula is C27H21Cl2NO5S. The Bertz CT molecular complexity index is 1390. The maximum Gasteiger partial charge on any atom is 0.345 e. The molecule has 0 aromatic heterocycles. The monoisotopic (exact) mass is 541 g/mol. The fraction of sp³-hybridized carbons (Fsp3) is 0.148. The molecule has 184 valence electrons. The van der Waals surface area contributed by atoms with E-state index in [4.69, 9.17) is 32.7 Å². The van der Waals surface area contributed by atoms with Crippen LogP contribution in [0.5, 0.6) is 11.5 Å². The van der Waals surface area contributed by atoms with Crippen molar-refractivity contribution >= 4 is 58.2 Å². The van der Waals surface area contributed by atoms with E-state index in [1.165, 1.54) is 12.1 Å². The lowest BCUT2D eigenvalue weighted by Gasteiger charge is -2.14. The molecule has 4 rings (SSSR count). The number of aryl methyl sites for hydroxylation is 2. The number of carbonyl (C=O) groups is 3. The Balaban J connectivity index is 1.41. The number of nitrogens with zero attached hydrogens (tertiary/aromatic N) is 1. The van der Waals surface area contributed by atoms with Crippen LogP contribution in [0.25, 0.3) is 6.08 Å². The molecule has 0 spiro atoms. The van der Waals surface area contributed by atoms with Gasteiger partial charge in [-0.25, -0.2) is 4.79 Å². The van der Waals surface area contributed by atoms with Crippen molar-refractivity contribution in [3.8, 4) is 11.5 Å². The highest BCUT2D eigenvalue weighted by Crippen LogP contribution is 2.33. The van der Waals surface area contributed by atoms with Gasteiger partial charge in [-0.05, 0) is 84.8 Å². The number of ether oxygens (including phenoxy) is 2. The molecule has 1 aliphatic heterocycles. The molecule has 0 unspecified atom stereocenters. The van der Waals surface area contributed by atoms with Crippen LogP contribution < -0.4 is 9.47 Å². The van der Waals surface area contributed by atoms with Crippen molar-refractivity contribution in [2.75, 3.05) is 13.2 Å². The van der Waals surface area contributed by atoms with Crippen LogP contribution in [-0.4, -0.2) is 35.2 Å². The largest absolute Gasteiger partial charge is 0.491 e. The SMILES string of the molecule is Cc1ccc(C)c(OCCN2C(=O)S/C(=C\c3cccc(OC(=O)c4ccc(Cl)cc4Cl)c3)C2=O)c1. The Morgan fingerprint density at radius 1 is 1.03 bits per heavy atom. The summed E-state index contributed by atoms with van der Waals surface area (Å²) in [6.45, 7) is 4.23. The van der Waals surface area contributed by atoms with E-state index in [0.29, 0.717) is 10.6 Å². The third-order valence-corrected chi connectivity index (χ3v) is 6.76. The zero-order chi connectivity index (χ0) is 25.8. The maximum atomic E-state index is 12.8. The molecule has 1 heterocycles. The molecule has 0 aliphatic carbocycles. The molecule has 3 aromatic rings. The molecule has 0 atom stereocenters. The quantitative estimate of drug-likeness (QED) is 0.183. The van der Waals surface area contributed by atoms with E-state index >= 15 is 0 Å². The lowest BCUT2D eigenvalue weighted by atomic mass is 10.1. The number of benzene rings is 3. The summed E-state index contributed by atoms with van der Waals surface area (Å²) in [4.78, 5) is 39.2.